The Morgan fingerprint density at radius 1 is 0.900 bits per heavy atom. The topological polar surface area (TPSA) is 86.8 Å². The van der Waals surface area contributed by atoms with Crippen LogP contribution in [0.4, 0.5) is 5.69 Å². The van der Waals surface area contributed by atoms with Crippen molar-refractivity contribution in [1.82, 2.24) is 10.2 Å². The number of carbonyl (C=O) groups excluding carboxylic acids is 2. The quantitative estimate of drug-likeness (QED) is 0.341. The summed E-state index contributed by atoms with van der Waals surface area (Å²) in [6, 6.07) is 22.4. The summed E-state index contributed by atoms with van der Waals surface area (Å²) in [5.41, 5.74) is 3.21. The van der Waals surface area contributed by atoms with Gasteiger partial charge < -0.3 is 10.2 Å². The molecule has 1 aliphatic carbocycles. The highest BCUT2D eigenvalue weighted by molar-refractivity contribution is 7.92. The third-order valence-corrected chi connectivity index (χ3v) is 9.46. The number of aryl methyl sites for hydroxylation is 2. The van der Waals surface area contributed by atoms with E-state index in [9.17, 15) is 18.0 Å². The van der Waals surface area contributed by atoms with Gasteiger partial charge in [0.1, 0.15) is 12.6 Å². The Kier molecular flexibility index (Phi) is 9.63. The van der Waals surface area contributed by atoms with Crippen molar-refractivity contribution in [3.8, 4) is 0 Å². The summed E-state index contributed by atoms with van der Waals surface area (Å²) < 4.78 is 29.0. The minimum Gasteiger partial charge on any atom is -0.352 e. The van der Waals surface area contributed by atoms with E-state index in [2.05, 4.69) is 5.32 Å². The van der Waals surface area contributed by atoms with E-state index in [0.717, 1.165) is 46.7 Å². The van der Waals surface area contributed by atoms with Gasteiger partial charge in [-0.25, -0.2) is 8.42 Å². The Labute approximate surface area is 238 Å². The fourth-order valence-electron chi connectivity index (χ4n) is 5.20. The van der Waals surface area contributed by atoms with E-state index < -0.39 is 28.5 Å². The molecule has 1 atom stereocenters. The van der Waals surface area contributed by atoms with Gasteiger partial charge in [-0.1, -0.05) is 74.4 Å². The lowest BCUT2D eigenvalue weighted by molar-refractivity contribution is -0.140. The summed E-state index contributed by atoms with van der Waals surface area (Å²) in [6.07, 6.45) is 4.44. The van der Waals surface area contributed by atoms with Crippen LogP contribution in [0.15, 0.2) is 83.8 Å². The van der Waals surface area contributed by atoms with Crippen LogP contribution in [0.1, 0.15) is 55.7 Å². The van der Waals surface area contributed by atoms with Crippen molar-refractivity contribution >= 4 is 27.5 Å². The van der Waals surface area contributed by atoms with Crippen molar-refractivity contribution in [1.29, 1.82) is 0 Å². The predicted molar refractivity (Wildman–Crippen MR) is 158 cm³/mol. The molecule has 212 valence electrons. The van der Waals surface area contributed by atoms with Gasteiger partial charge in [0.25, 0.3) is 10.0 Å². The van der Waals surface area contributed by atoms with Gasteiger partial charge in [-0.3, -0.25) is 13.9 Å². The molecule has 3 aromatic rings. The maximum absolute atomic E-state index is 14.1. The van der Waals surface area contributed by atoms with Gasteiger partial charge in [0.2, 0.25) is 11.8 Å². The maximum Gasteiger partial charge on any atom is 0.264 e. The van der Waals surface area contributed by atoms with E-state index in [0.29, 0.717) is 12.1 Å². The third-order valence-electron chi connectivity index (χ3n) is 7.67. The van der Waals surface area contributed by atoms with E-state index in [1.54, 1.807) is 30.3 Å². The van der Waals surface area contributed by atoms with Gasteiger partial charge in [0.05, 0.1) is 10.6 Å². The summed E-state index contributed by atoms with van der Waals surface area (Å²) in [4.78, 5) is 29.3. The van der Waals surface area contributed by atoms with E-state index in [1.165, 1.54) is 17.0 Å². The van der Waals surface area contributed by atoms with Crippen molar-refractivity contribution in [3.05, 3.63) is 95.6 Å². The Bertz CT molecular complexity index is 1400. The summed E-state index contributed by atoms with van der Waals surface area (Å²) in [5.74, 6) is -0.627. The highest BCUT2D eigenvalue weighted by Gasteiger charge is 2.34. The van der Waals surface area contributed by atoms with Crippen LogP contribution in [-0.4, -0.2) is 43.8 Å². The Morgan fingerprint density at radius 3 is 2.12 bits per heavy atom. The number of anilines is 1. The second-order valence-electron chi connectivity index (χ2n) is 10.5. The largest absolute Gasteiger partial charge is 0.352 e. The van der Waals surface area contributed by atoms with Crippen LogP contribution in [0, 0.1) is 13.8 Å². The van der Waals surface area contributed by atoms with Gasteiger partial charge in [0.15, 0.2) is 0 Å². The molecule has 0 spiro atoms. The Hall–Kier alpha value is -3.65. The first-order valence-electron chi connectivity index (χ1n) is 14.0. The molecule has 8 heteroatoms. The smallest absolute Gasteiger partial charge is 0.264 e. The lowest BCUT2D eigenvalue weighted by atomic mass is 10.1. The summed E-state index contributed by atoms with van der Waals surface area (Å²) >= 11 is 0. The predicted octanol–water partition coefficient (Wildman–Crippen LogP) is 5.36. The van der Waals surface area contributed by atoms with Crippen molar-refractivity contribution in [2.75, 3.05) is 10.8 Å². The van der Waals surface area contributed by atoms with Crippen LogP contribution < -0.4 is 9.62 Å². The van der Waals surface area contributed by atoms with E-state index in [1.807, 2.05) is 57.2 Å². The molecule has 40 heavy (non-hydrogen) atoms. The number of hydrogen-bond acceptors (Lipinski definition) is 4. The summed E-state index contributed by atoms with van der Waals surface area (Å²) in [7, 11) is -4.07. The molecule has 1 fully saturated rings. The first kappa shape index (κ1) is 29.3. The fraction of sp³-hybridized carbons (Fsp3) is 0.375. The normalized spacial score (nSPS) is 14.5. The number of sulfonamides is 1. The second kappa shape index (κ2) is 13.1. The van der Waals surface area contributed by atoms with Gasteiger partial charge in [-0.15, -0.1) is 0 Å². The number of nitrogens with one attached hydrogen (secondary N) is 1. The molecule has 0 aromatic heterocycles. The Balaban J connectivity index is 1.71. The molecule has 1 aliphatic rings. The molecule has 0 radical (unpaired) electrons. The number of rotatable bonds is 11. The summed E-state index contributed by atoms with van der Waals surface area (Å²) in [6.45, 7) is 5.51. The van der Waals surface area contributed by atoms with E-state index in [4.69, 9.17) is 0 Å². The van der Waals surface area contributed by atoms with Crippen LogP contribution in [0.3, 0.4) is 0 Å². The van der Waals surface area contributed by atoms with Crippen molar-refractivity contribution in [2.45, 2.75) is 76.4 Å². The third kappa shape index (κ3) is 6.91. The molecule has 1 unspecified atom stereocenters. The zero-order valence-electron chi connectivity index (χ0n) is 23.5. The zero-order chi connectivity index (χ0) is 28.7. The minimum atomic E-state index is -4.07. The van der Waals surface area contributed by atoms with Crippen molar-refractivity contribution in [2.24, 2.45) is 0 Å². The lowest BCUT2D eigenvalue weighted by Gasteiger charge is -2.34. The van der Waals surface area contributed by atoms with Crippen molar-refractivity contribution in [3.63, 3.8) is 0 Å². The zero-order valence-corrected chi connectivity index (χ0v) is 24.4. The number of nitrogens with zero attached hydrogens (tertiary/aromatic N) is 2. The molecular weight excluding hydrogens is 522 g/mol. The standard InChI is InChI=1S/C32H39N3O4S/c1-4-30(32(37)33-27-15-11-12-16-27)34(22-26-13-7-5-8-14-26)31(36)23-35(28-20-19-24(2)25(3)21-28)40(38,39)29-17-9-6-10-18-29/h5-10,13-14,17-21,27,30H,4,11-12,15-16,22-23H2,1-3H3,(H,33,37). The van der Waals surface area contributed by atoms with Crippen LogP contribution in [0.25, 0.3) is 0 Å². The molecule has 0 bridgehead atoms. The minimum absolute atomic E-state index is 0.0988. The molecular formula is C32H39N3O4S. The van der Waals surface area contributed by atoms with Crippen LogP contribution in [0.5, 0.6) is 0 Å². The highest BCUT2D eigenvalue weighted by Crippen LogP contribution is 2.27. The van der Waals surface area contributed by atoms with Crippen LogP contribution >= 0.6 is 0 Å². The molecule has 0 aliphatic heterocycles. The highest BCUT2D eigenvalue weighted by atomic mass is 32.2. The fourth-order valence-corrected chi connectivity index (χ4v) is 6.62. The monoisotopic (exact) mass is 561 g/mol. The average molecular weight is 562 g/mol. The van der Waals surface area contributed by atoms with Gasteiger partial charge >= 0.3 is 0 Å². The molecule has 3 aromatic carbocycles. The van der Waals surface area contributed by atoms with Crippen LogP contribution in [0.2, 0.25) is 0 Å². The summed E-state index contributed by atoms with van der Waals surface area (Å²) in [5, 5.41) is 3.14. The molecule has 0 saturated heterocycles. The van der Waals surface area contributed by atoms with Crippen molar-refractivity contribution < 1.29 is 18.0 Å². The Morgan fingerprint density at radius 2 is 1.52 bits per heavy atom. The number of benzene rings is 3. The van der Waals surface area contributed by atoms with Gasteiger partial charge in [-0.05, 0) is 74.1 Å². The van der Waals surface area contributed by atoms with E-state index in [-0.39, 0.29) is 23.4 Å². The molecule has 1 saturated carbocycles. The number of amides is 2. The number of hydrogen-bond donors (Lipinski definition) is 1. The first-order valence-corrected chi connectivity index (χ1v) is 15.4. The maximum atomic E-state index is 14.1. The molecule has 0 heterocycles. The molecule has 2 amide bonds. The second-order valence-corrected chi connectivity index (χ2v) is 12.4. The molecule has 7 nitrogen and oxygen atoms in total. The average Bonchev–Trinajstić information content (AvgIpc) is 3.47. The SMILES string of the molecule is CCC(C(=O)NC1CCCC1)N(Cc1ccccc1)C(=O)CN(c1ccc(C)c(C)c1)S(=O)(=O)c1ccccc1. The molecule has 4 rings (SSSR count). The lowest BCUT2D eigenvalue weighted by Crippen LogP contribution is -2.53. The first-order chi connectivity index (χ1) is 19.2. The molecule has 1 N–H and O–H groups in total. The van der Waals surface area contributed by atoms with E-state index >= 15 is 0 Å². The van der Waals surface area contributed by atoms with Gasteiger partial charge in [-0.2, -0.15) is 0 Å². The number of carbonyl (C=O) groups is 2. The van der Waals surface area contributed by atoms with Gasteiger partial charge in [0, 0.05) is 12.6 Å². The van der Waals surface area contributed by atoms with Crippen LogP contribution in [-0.2, 0) is 26.2 Å².